The normalized spacial score (nSPS) is 19.6. The van der Waals surface area contributed by atoms with Crippen molar-refractivity contribution in [1.82, 2.24) is 25.4 Å². The van der Waals surface area contributed by atoms with Crippen molar-refractivity contribution in [3.05, 3.63) is 53.1 Å². The number of halogens is 1. The molecule has 0 bridgehead atoms. The van der Waals surface area contributed by atoms with Crippen LogP contribution in [-0.4, -0.2) is 63.4 Å². The maximum Gasteiger partial charge on any atom is 0.242 e. The molecule has 12 heteroatoms. The summed E-state index contributed by atoms with van der Waals surface area (Å²) < 4.78 is 22.5. The van der Waals surface area contributed by atoms with E-state index >= 15 is 0 Å². The number of rotatable bonds is 13. The standard InChI is InChI=1S/C32H46FN5O4SSi/c1-22(39)43-28-16-18-37(30(31(41)23-14-15-23)26-11-7-8-12-27(26)33)20-24(28)19-25-21-38(36-34-25)17-10-9-13-29(40)35-42-44(5,6)32(2,3)4/h7-8,11-12,19,21,23,28,30H,9-10,13-18,20H2,1-6H3,(H,35,40)/b24-19+. The van der Waals surface area contributed by atoms with E-state index in [-0.39, 0.29) is 38.8 Å². The van der Waals surface area contributed by atoms with Gasteiger partial charge in [-0.05, 0) is 68.0 Å². The number of ketones is 1. The van der Waals surface area contributed by atoms with E-state index in [1.165, 1.54) is 17.8 Å². The number of aryl methyl sites for hydroxylation is 1. The lowest BCUT2D eigenvalue weighted by Gasteiger charge is -2.38. The van der Waals surface area contributed by atoms with Gasteiger partial charge in [-0.3, -0.25) is 24.0 Å². The largest absolute Gasteiger partial charge is 0.320 e. The van der Waals surface area contributed by atoms with Gasteiger partial charge in [0, 0.05) is 49.7 Å². The second-order valence-corrected chi connectivity index (χ2v) is 19.5. The molecule has 1 N–H and O–H groups in total. The van der Waals surface area contributed by atoms with Gasteiger partial charge in [0.2, 0.25) is 14.2 Å². The van der Waals surface area contributed by atoms with Gasteiger partial charge in [0.15, 0.2) is 10.9 Å². The summed E-state index contributed by atoms with van der Waals surface area (Å²) >= 11 is 1.28. The molecule has 0 radical (unpaired) electrons. The second-order valence-electron chi connectivity index (χ2n) is 13.4. The summed E-state index contributed by atoms with van der Waals surface area (Å²) in [5.74, 6) is -0.449. The molecule has 1 saturated carbocycles. The first-order valence-electron chi connectivity index (χ1n) is 15.5. The smallest absolute Gasteiger partial charge is 0.242 e. The van der Waals surface area contributed by atoms with E-state index in [4.69, 9.17) is 4.53 Å². The maximum absolute atomic E-state index is 14.9. The number of carbonyl (C=O) groups is 3. The van der Waals surface area contributed by atoms with E-state index in [2.05, 4.69) is 49.7 Å². The third kappa shape index (κ3) is 9.18. The van der Waals surface area contributed by atoms with Gasteiger partial charge in [-0.15, -0.1) is 5.10 Å². The Balaban J connectivity index is 1.39. The molecular formula is C32H46FN5O4SSi. The molecular weight excluding hydrogens is 598 g/mol. The number of piperidine rings is 1. The number of amides is 1. The minimum atomic E-state index is -2.05. The van der Waals surface area contributed by atoms with Crippen molar-refractivity contribution in [2.75, 3.05) is 13.1 Å². The molecule has 44 heavy (non-hydrogen) atoms. The van der Waals surface area contributed by atoms with E-state index < -0.39 is 14.4 Å². The molecule has 2 heterocycles. The van der Waals surface area contributed by atoms with Crippen molar-refractivity contribution in [1.29, 1.82) is 0 Å². The van der Waals surface area contributed by atoms with E-state index in [0.29, 0.717) is 50.2 Å². The van der Waals surface area contributed by atoms with Gasteiger partial charge in [-0.2, -0.15) is 0 Å². The quantitative estimate of drug-likeness (QED) is 0.159. The summed E-state index contributed by atoms with van der Waals surface area (Å²) in [5, 5.41) is 8.58. The molecule has 1 saturated heterocycles. The fraction of sp³-hybridized carbons (Fsp3) is 0.594. The van der Waals surface area contributed by atoms with Crippen LogP contribution in [0.5, 0.6) is 0 Å². The zero-order chi connectivity index (χ0) is 32.1. The fourth-order valence-corrected chi connectivity index (χ4v) is 6.62. The molecule has 2 aromatic rings. The molecule has 1 aromatic heterocycles. The zero-order valence-corrected chi connectivity index (χ0v) is 28.6. The zero-order valence-electron chi connectivity index (χ0n) is 26.8. The van der Waals surface area contributed by atoms with Gasteiger partial charge in [0.1, 0.15) is 11.5 Å². The van der Waals surface area contributed by atoms with E-state index in [0.717, 1.165) is 24.8 Å². The molecule has 2 fully saturated rings. The van der Waals surface area contributed by atoms with Crippen molar-refractivity contribution in [2.45, 2.75) is 102 Å². The Hall–Kier alpha value is -2.67. The minimum Gasteiger partial charge on any atom is -0.320 e. The molecule has 4 rings (SSSR count). The number of hydrogen-bond donors (Lipinski definition) is 1. The molecule has 0 spiro atoms. The fourth-order valence-electron chi connectivity index (χ4n) is 5.02. The summed E-state index contributed by atoms with van der Waals surface area (Å²) in [5.41, 5.74) is 4.68. The Morgan fingerprint density at radius 2 is 1.91 bits per heavy atom. The van der Waals surface area contributed by atoms with Crippen molar-refractivity contribution >= 4 is 43.0 Å². The monoisotopic (exact) mass is 643 g/mol. The number of carbonyl (C=O) groups excluding carboxylic acids is 3. The lowest BCUT2D eigenvalue weighted by molar-refractivity contribution is -0.128. The van der Waals surface area contributed by atoms with Gasteiger partial charge in [0.05, 0.1) is 12.2 Å². The van der Waals surface area contributed by atoms with Crippen LogP contribution in [0.2, 0.25) is 18.1 Å². The number of aromatic nitrogens is 3. The number of unbranched alkanes of at least 4 members (excludes halogenated alkanes) is 1. The number of benzene rings is 1. The van der Waals surface area contributed by atoms with Gasteiger partial charge < -0.3 is 4.53 Å². The van der Waals surface area contributed by atoms with Crippen molar-refractivity contribution in [3.8, 4) is 0 Å². The number of hydroxylamine groups is 1. The van der Waals surface area contributed by atoms with Crippen LogP contribution in [0.1, 0.15) is 83.5 Å². The van der Waals surface area contributed by atoms with Crippen LogP contribution >= 0.6 is 11.8 Å². The van der Waals surface area contributed by atoms with Crippen LogP contribution in [0.15, 0.2) is 36.0 Å². The molecule has 1 aromatic carbocycles. The van der Waals surface area contributed by atoms with Crippen LogP contribution < -0.4 is 5.48 Å². The number of nitrogens with zero attached hydrogens (tertiary/aromatic N) is 4. The highest BCUT2D eigenvalue weighted by atomic mass is 32.2. The van der Waals surface area contributed by atoms with E-state index in [1.807, 2.05) is 17.2 Å². The number of likely N-dealkylation sites (tertiary alicyclic amines) is 1. The molecule has 240 valence electrons. The first-order valence-corrected chi connectivity index (χ1v) is 19.3. The lowest BCUT2D eigenvalue weighted by Crippen LogP contribution is -2.46. The highest BCUT2D eigenvalue weighted by molar-refractivity contribution is 8.14. The van der Waals surface area contributed by atoms with Gasteiger partial charge in [-0.25, -0.2) is 9.87 Å². The first kappa shape index (κ1) is 34.2. The minimum absolute atomic E-state index is 0.0105. The summed E-state index contributed by atoms with van der Waals surface area (Å²) in [6.45, 7) is 13.7. The molecule has 2 atom stereocenters. The Labute approximate surface area is 265 Å². The van der Waals surface area contributed by atoms with E-state index in [9.17, 15) is 18.8 Å². The summed E-state index contributed by atoms with van der Waals surface area (Å²) in [6, 6.07) is 5.87. The Morgan fingerprint density at radius 1 is 1.18 bits per heavy atom. The molecule has 1 aliphatic carbocycles. The molecule has 2 aliphatic rings. The first-order chi connectivity index (χ1) is 20.7. The molecule has 1 aliphatic heterocycles. The highest BCUT2D eigenvalue weighted by Gasteiger charge is 2.41. The van der Waals surface area contributed by atoms with Crippen molar-refractivity contribution < 1.29 is 23.3 Å². The Bertz CT molecular complexity index is 1370. The van der Waals surface area contributed by atoms with Gasteiger partial charge in [-0.1, -0.05) is 55.9 Å². The number of hydrogen-bond acceptors (Lipinski definition) is 8. The van der Waals surface area contributed by atoms with Gasteiger partial charge >= 0.3 is 0 Å². The van der Waals surface area contributed by atoms with Crippen LogP contribution in [0, 0.1) is 11.7 Å². The SMILES string of the molecule is CC(=O)SC1CCN(C(C(=O)C2CC2)c2ccccc2F)C/C1=C\c1cn(CCCCC(=O)NO[Si](C)(C)C(C)(C)C)nn1. The number of nitrogens with one attached hydrogen (secondary N) is 1. The van der Waals surface area contributed by atoms with Crippen LogP contribution in [-0.2, 0) is 25.5 Å². The van der Waals surface area contributed by atoms with Crippen molar-refractivity contribution in [3.63, 3.8) is 0 Å². The number of thioether (sulfide) groups is 1. The predicted octanol–water partition coefficient (Wildman–Crippen LogP) is 6.10. The van der Waals surface area contributed by atoms with Crippen LogP contribution in [0.4, 0.5) is 4.39 Å². The Kier molecular flexibility index (Phi) is 11.4. The molecule has 2 unspecified atom stereocenters. The highest BCUT2D eigenvalue weighted by Crippen LogP contribution is 2.41. The topological polar surface area (TPSA) is 106 Å². The van der Waals surface area contributed by atoms with Crippen molar-refractivity contribution in [2.24, 2.45) is 5.92 Å². The van der Waals surface area contributed by atoms with Crippen LogP contribution in [0.25, 0.3) is 6.08 Å². The Morgan fingerprint density at radius 3 is 2.57 bits per heavy atom. The average Bonchev–Trinajstić information content (AvgIpc) is 3.71. The summed E-state index contributed by atoms with van der Waals surface area (Å²) in [6.07, 6.45) is 7.95. The third-order valence-corrected chi connectivity index (χ3v) is 14.1. The van der Waals surface area contributed by atoms with Gasteiger partial charge in [0.25, 0.3) is 0 Å². The van der Waals surface area contributed by atoms with Crippen LogP contribution in [0.3, 0.4) is 0 Å². The van der Waals surface area contributed by atoms with E-state index in [1.54, 1.807) is 29.8 Å². The molecule has 1 amide bonds. The maximum atomic E-state index is 14.9. The third-order valence-electron chi connectivity index (χ3n) is 8.76. The molecule has 9 nitrogen and oxygen atoms in total. The average molecular weight is 644 g/mol. The summed E-state index contributed by atoms with van der Waals surface area (Å²) in [4.78, 5) is 39.9. The second kappa shape index (κ2) is 14.6. The predicted molar refractivity (Wildman–Crippen MR) is 173 cm³/mol. The summed E-state index contributed by atoms with van der Waals surface area (Å²) in [7, 11) is -2.05. The lowest BCUT2D eigenvalue weighted by atomic mass is 9.93. The number of Topliss-reactive ketones (excluding diaryl/α,β-unsaturated/α-hetero) is 1.